The summed E-state index contributed by atoms with van der Waals surface area (Å²) in [6, 6.07) is 3.33. The minimum absolute atomic E-state index is 0.193. The van der Waals surface area contributed by atoms with E-state index < -0.39 is 46.7 Å². The molecule has 2 amide bonds. The highest BCUT2D eigenvalue weighted by molar-refractivity contribution is 5.99. The molecule has 164 valence electrons. The molecule has 2 aromatic rings. The molecule has 4 rings (SSSR count). The summed E-state index contributed by atoms with van der Waals surface area (Å²) in [6.45, 7) is 2.32. The van der Waals surface area contributed by atoms with Crippen LogP contribution in [-0.4, -0.2) is 45.8 Å². The molecule has 2 N–H and O–H groups in total. The molecule has 10 heteroatoms. The zero-order valence-electron chi connectivity index (χ0n) is 16.9. The van der Waals surface area contributed by atoms with Crippen molar-refractivity contribution in [1.82, 2.24) is 14.9 Å². The van der Waals surface area contributed by atoms with Crippen molar-refractivity contribution >= 4 is 11.8 Å². The molecular weight excluding hydrogens is 410 g/mol. The van der Waals surface area contributed by atoms with Gasteiger partial charge in [0.2, 0.25) is 5.43 Å². The molecule has 0 saturated carbocycles. The average molecular weight is 432 g/mol. The fraction of sp³-hybridized carbons (Fsp3) is 0.381. The molecular formula is C21H22F2N4O4. The second-order valence-electron chi connectivity index (χ2n) is 7.53. The van der Waals surface area contributed by atoms with Gasteiger partial charge in [-0.3, -0.25) is 24.1 Å². The van der Waals surface area contributed by atoms with E-state index in [1.165, 1.54) is 16.9 Å². The standard InChI is InChI=1S/C21H22F2N4O4/c1-2-25-16-8-3-4-9-26(16)27-11-13(18(28)19(29)17(27)21(25)31)20(30)24-10-12-14(22)6-5-7-15(12)23/h5-7,11,16,29H,2-4,8-10H2,1H3,(H,24,30)/t16-/m0/s1. The number of amides is 2. The lowest BCUT2D eigenvalue weighted by atomic mass is 10.1. The number of hydrogen-bond acceptors (Lipinski definition) is 5. The Kier molecular flexibility index (Phi) is 5.38. The van der Waals surface area contributed by atoms with E-state index in [2.05, 4.69) is 5.32 Å². The first kappa shape index (κ1) is 20.8. The van der Waals surface area contributed by atoms with Crippen molar-refractivity contribution in [1.29, 1.82) is 0 Å². The van der Waals surface area contributed by atoms with Gasteiger partial charge in [-0.1, -0.05) is 6.07 Å². The van der Waals surface area contributed by atoms with Gasteiger partial charge in [0.05, 0.1) is 0 Å². The molecule has 2 aliphatic rings. The highest BCUT2D eigenvalue weighted by Crippen LogP contribution is 2.29. The Balaban J connectivity index is 1.71. The number of rotatable bonds is 4. The Labute approximate surface area is 176 Å². The smallest absolute Gasteiger partial charge is 0.278 e. The molecule has 1 atom stereocenters. The normalized spacial score (nSPS) is 17.9. The summed E-state index contributed by atoms with van der Waals surface area (Å²) < 4.78 is 29.0. The van der Waals surface area contributed by atoms with Gasteiger partial charge in [-0.15, -0.1) is 0 Å². The number of benzene rings is 1. The molecule has 0 radical (unpaired) electrons. The molecule has 2 aliphatic heterocycles. The number of fused-ring (bicyclic) bond motifs is 3. The van der Waals surface area contributed by atoms with Crippen molar-refractivity contribution in [2.45, 2.75) is 38.9 Å². The Hall–Kier alpha value is -3.43. The van der Waals surface area contributed by atoms with E-state index in [9.17, 15) is 28.3 Å². The number of hydrogen-bond donors (Lipinski definition) is 2. The number of nitrogens with zero attached hydrogens (tertiary/aromatic N) is 3. The maximum atomic E-state index is 13.8. The van der Waals surface area contributed by atoms with Crippen LogP contribution in [0.15, 0.2) is 29.2 Å². The van der Waals surface area contributed by atoms with Gasteiger partial charge in [0.1, 0.15) is 23.4 Å². The summed E-state index contributed by atoms with van der Waals surface area (Å²) in [5.41, 5.74) is -1.97. The Bertz CT molecular complexity index is 1100. The molecule has 8 nitrogen and oxygen atoms in total. The Morgan fingerprint density at radius 3 is 2.61 bits per heavy atom. The monoisotopic (exact) mass is 432 g/mol. The van der Waals surface area contributed by atoms with Crippen molar-refractivity contribution in [2.24, 2.45) is 0 Å². The van der Waals surface area contributed by atoms with Gasteiger partial charge in [-0.25, -0.2) is 8.78 Å². The lowest BCUT2D eigenvalue weighted by Gasteiger charge is -2.48. The van der Waals surface area contributed by atoms with Crippen LogP contribution in [0.3, 0.4) is 0 Å². The van der Waals surface area contributed by atoms with Crippen molar-refractivity contribution in [3.05, 3.63) is 63.1 Å². The van der Waals surface area contributed by atoms with Gasteiger partial charge in [-0.2, -0.15) is 0 Å². The fourth-order valence-corrected chi connectivity index (χ4v) is 4.21. The van der Waals surface area contributed by atoms with Crippen LogP contribution in [-0.2, 0) is 6.54 Å². The van der Waals surface area contributed by atoms with E-state index in [1.54, 1.807) is 4.90 Å². The number of nitrogens with one attached hydrogen (secondary N) is 1. The van der Waals surface area contributed by atoms with E-state index in [0.29, 0.717) is 13.1 Å². The first-order valence-corrected chi connectivity index (χ1v) is 10.1. The third kappa shape index (κ3) is 3.41. The highest BCUT2D eigenvalue weighted by atomic mass is 19.1. The third-order valence-electron chi connectivity index (χ3n) is 5.78. The predicted molar refractivity (Wildman–Crippen MR) is 107 cm³/mol. The maximum Gasteiger partial charge on any atom is 0.278 e. The highest BCUT2D eigenvalue weighted by Gasteiger charge is 2.40. The van der Waals surface area contributed by atoms with Gasteiger partial charge in [0, 0.05) is 31.4 Å². The number of piperidine rings is 1. The van der Waals surface area contributed by atoms with E-state index in [4.69, 9.17) is 0 Å². The minimum atomic E-state index is -1.02. The average Bonchev–Trinajstić information content (AvgIpc) is 2.75. The zero-order chi connectivity index (χ0) is 22.3. The van der Waals surface area contributed by atoms with Gasteiger partial charge in [0.15, 0.2) is 11.4 Å². The largest absolute Gasteiger partial charge is 0.502 e. The Morgan fingerprint density at radius 1 is 1.23 bits per heavy atom. The molecule has 1 fully saturated rings. The summed E-state index contributed by atoms with van der Waals surface area (Å²) in [5.74, 6) is -3.87. The second-order valence-corrected chi connectivity index (χ2v) is 7.53. The SMILES string of the molecule is CCN1C(=O)c2c(O)c(=O)c(C(=O)NCc3c(F)cccc3F)cn2N2CCCC[C@@H]12. The van der Waals surface area contributed by atoms with Crippen LogP contribution in [0.2, 0.25) is 0 Å². The summed E-state index contributed by atoms with van der Waals surface area (Å²) in [7, 11) is 0. The van der Waals surface area contributed by atoms with E-state index in [0.717, 1.165) is 31.4 Å². The lowest BCUT2D eigenvalue weighted by molar-refractivity contribution is 0.0534. The third-order valence-corrected chi connectivity index (χ3v) is 5.78. The summed E-state index contributed by atoms with van der Waals surface area (Å²) in [4.78, 5) is 39.9. The van der Waals surface area contributed by atoms with Crippen molar-refractivity contribution in [3.8, 4) is 5.75 Å². The maximum absolute atomic E-state index is 13.8. The molecule has 0 aliphatic carbocycles. The number of halogens is 2. The summed E-state index contributed by atoms with van der Waals surface area (Å²) >= 11 is 0. The zero-order valence-corrected chi connectivity index (χ0v) is 16.9. The van der Waals surface area contributed by atoms with E-state index in [1.807, 2.05) is 11.9 Å². The lowest BCUT2D eigenvalue weighted by Crippen LogP contribution is -2.63. The molecule has 1 aromatic heterocycles. The predicted octanol–water partition coefficient (Wildman–Crippen LogP) is 1.69. The molecule has 0 spiro atoms. The quantitative estimate of drug-likeness (QED) is 0.767. The van der Waals surface area contributed by atoms with Crippen LogP contribution < -0.4 is 15.8 Å². The topological polar surface area (TPSA) is 94.9 Å². The molecule has 3 heterocycles. The van der Waals surface area contributed by atoms with Gasteiger partial charge >= 0.3 is 0 Å². The number of pyridine rings is 1. The van der Waals surface area contributed by atoms with Gasteiger partial charge < -0.3 is 15.3 Å². The van der Waals surface area contributed by atoms with Crippen LogP contribution in [0.25, 0.3) is 0 Å². The number of aromatic nitrogens is 1. The molecule has 0 unspecified atom stereocenters. The molecule has 0 bridgehead atoms. The summed E-state index contributed by atoms with van der Waals surface area (Å²) in [5, 5.41) is 14.7. The number of carbonyl (C=O) groups excluding carboxylic acids is 2. The minimum Gasteiger partial charge on any atom is -0.502 e. The van der Waals surface area contributed by atoms with Crippen LogP contribution in [0.4, 0.5) is 8.78 Å². The van der Waals surface area contributed by atoms with Crippen LogP contribution in [0.1, 0.15) is 52.6 Å². The van der Waals surface area contributed by atoms with Crippen LogP contribution >= 0.6 is 0 Å². The van der Waals surface area contributed by atoms with Crippen molar-refractivity contribution in [3.63, 3.8) is 0 Å². The van der Waals surface area contributed by atoms with E-state index in [-0.39, 0.29) is 17.4 Å². The number of carbonyl (C=O) groups is 2. The van der Waals surface area contributed by atoms with Crippen LogP contribution in [0, 0.1) is 11.6 Å². The molecule has 1 saturated heterocycles. The van der Waals surface area contributed by atoms with E-state index >= 15 is 0 Å². The molecule has 1 aromatic carbocycles. The first-order chi connectivity index (χ1) is 14.8. The second kappa shape index (κ2) is 8.01. The van der Waals surface area contributed by atoms with Crippen molar-refractivity contribution < 1.29 is 23.5 Å². The fourth-order valence-electron chi connectivity index (χ4n) is 4.21. The van der Waals surface area contributed by atoms with Crippen LogP contribution in [0.5, 0.6) is 5.75 Å². The number of aromatic hydroxyl groups is 1. The first-order valence-electron chi connectivity index (χ1n) is 10.1. The van der Waals surface area contributed by atoms with Gasteiger partial charge in [-0.05, 0) is 38.3 Å². The van der Waals surface area contributed by atoms with Gasteiger partial charge in [0.25, 0.3) is 11.8 Å². The molecule has 31 heavy (non-hydrogen) atoms. The van der Waals surface area contributed by atoms with Crippen molar-refractivity contribution in [2.75, 3.05) is 18.1 Å². The summed E-state index contributed by atoms with van der Waals surface area (Å²) in [6.07, 6.45) is 3.47. The Morgan fingerprint density at radius 2 is 1.94 bits per heavy atom.